The molecule has 0 bridgehead atoms. The number of benzene rings is 2. The van der Waals surface area contributed by atoms with Crippen LogP contribution in [-0.2, 0) is 11.2 Å². The summed E-state index contributed by atoms with van der Waals surface area (Å²) in [5, 5.41) is 0. The van der Waals surface area contributed by atoms with Crippen LogP contribution in [0, 0.1) is 13.8 Å². The van der Waals surface area contributed by atoms with Gasteiger partial charge in [-0.3, -0.25) is 4.79 Å². The van der Waals surface area contributed by atoms with Gasteiger partial charge in [-0.15, -0.1) is 0 Å². The maximum atomic E-state index is 12.1. The third kappa shape index (κ3) is 4.76. The molecule has 0 saturated carbocycles. The third-order valence-corrected chi connectivity index (χ3v) is 5.96. The van der Waals surface area contributed by atoms with E-state index in [0.29, 0.717) is 6.42 Å². The lowest BCUT2D eigenvalue weighted by atomic mass is 10.0. The second-order valence-electron chi connectivity index (χ2n) is 8.18. The number of amides is 1. The Morgan fingerprint density at radius 3 is 2.23 bits per heavy atom. The summed E-state index contributed by atoms with van der Waals surface area (Å²) in [7, 11) is 0. The van der Waals surface area contributed by atoms with Gasteiger partial charge < -0.3 is 9.80 Å². The van der Waals surface area contributed by atoms with Crippen molar-refractivity contribution in [2.24, 2.45) is 0 Å². The van der Waals surface area contributed by atoms with Crippen LogP contribution < -0.4 is 4.90 Å². The molecule has 3 aromatic rings. The number of aryl methyl sites for hydroxylation is 2. The number of piperazine rings is 1. The van der Waals surface area contributed by atoms with E-state index < -0.39 is 0 Å². The molecule has 160 valence electrons. The van der Waals surface area contributed by atoms with Gasteiger partial charge >= 0.3 is 0 Å². The van der Waals surface area contributed by atoms with Crippen molar-refractivity contribution in [3.8, 4) is 11.4 Å². The molecule has 0 radical (unpaired) electrons. The number of hydrogen-bond acceptors (Lipinski definition) is 4. The summed E-state index contributed by atoms with van der Waals surface area (Å²) < 4.78 is 0. The Balaban J connectivity index is 1.70. The van der Waals surface area contributed by atoms with E-state index in [-0.39, 0.29) is 5.91 Å². The average molecular weight is 415 g/mol. The van der Waals surface area contributed by atoms with E-state index >= 15 is 0 Å². The van der Waals surface area contributed by atoms with E-state index in [4.69, 9.17) is 9.97 Å². The van der Waals surface area contributed by atoms with E-state index in [1.165, 1.54) is 16.7 Å². The maximum absolute atomic E-state index is 12.1. The molecule has 31 heavy (non-hydrogen) atoms. The number of aromatic nitrogens is 2. The normalized spacial score (nSPS) is 14.0. The summed E-state index contributed by atoms with van der Waals surface area (Å²) in [6.07, 6.45) is 1.36. The Labute approximate surface area is 184 Å². The molecule has 1 aliphatic rings. The minimum atomic E-state index is 0.225. The number of nitrogens with zero attached hydrogens (tertiary/aromatic N) is 4. The molecule has 0 atom stereocenters. The molecule has 5 heteroatoms. The summed E-state index contributed by atoms with van der Waals surface area (Å²) in [5.74, 6) is 1.98. The average Bonchev–Trinajstić information content (AvgIpc) is 2.81. The topological polar surface area (TPSA) is 49.3 Å². The van der Waals surface area contributed by atoms with Crippen molar-refractivity contribution in [1.29, 1.82) is 0 Å². The molecule has 0 spiro atoms. The minimum Gasteiger partial charge on any atom is -0.353 e. The lowest BCUT2D eigenvalue weighted by molar-refractivity contribution is -0.131. The fraction of sp³-hybridized carbons (Fsp3) is 0.346. The summed E-state index contributed by atoms with van der Waals surface area (Å²) in [4.78, 5) is 26.3. The molecule has 0 aliphatic carbocycles. The van der Waals surface area contributed by atoms with E-state index in [9.17, 15) is 4.79 Å². The second kappa shape index (κ2) is 9.29. The van der Waals surface area contributed by atoms with Gasteiger partial charge in [0.25, 0.3) is 0 Å². The van der Waals surface area contributed by atoms with Crippen LogP contribution in [-0.4, -0.2) is 47.0 Å². The van der Waals surface area contributed by atoms with Crippen LogP contribution >= 0.6 is 0 Å². The van der Waals surface area contributed by atoms with E-state index in [0.717, 1.165) is 55.5 Å². The molecule has 1 saturated heterocycles. The highest BCUT2D eigenvalue weighted by Gasteiger charge is 2.24. The van der Waals surface area contributed by atoms with Crippen molar-refractivity contribution in [3.63, 3.8) is 0 Å². The zero-order valence-corrected chi connectivity index (χ0v) is 18.6. The van der Waals surface area contributed by atoms with Crippen molar-refractivity contribution < 1.29 is 4.79 Å². The van der Waals surface area contributed by atoms with Crippen molar-refractivity contribution in [1.82, 2.24) is 14.9 Å². The molecule has 1 aliphatic heterocycles. The number of anilines is 1. The maximum Gasteiger partial charge on any atom is 0.222 e. The highest BCUT2D eigenvalue weighted by molar-refractivity contribution is 5.76. The largest absolute Gasteiger partial charge is 0.353 e. The molecule has 1 amide bonds. The van der Waals surface area contributed by atoms with Crippen molar-refractivity contribution in [3.05, 3.63) is 77.0 Å². The zero-order chi connectivity index (χ0) is 21.8. The summed E-state index contributed by atoms with van der Waals surface area (Å²) in [6, 6.07) is 18.8. The van der Waals surface area contributed by atoms with Crippen LogP contribution in [0.3, 0.4) is 0 Å². The van der Waals surface area contributed by atoms with Gasteiger partial charge in [-0.2, -0.15) is 0 Å². The van der Waals surface area contributed by atoms with E-state index in [1.54, 1.807) is 0 Å². The molecular formula is C26H30N4O. The minimum absolute atomic E-state index is 0.225. The molecular weight excluding hydrogens is 384 g/mol. The molecule has 5 nitrogen and oxygen atoms in total. The van der Waals surface area contributed by atoms with Crippen LogP contribution in [0.2, 0.25) is 0 Å². The monoisotopic (exact) mass is 414 g/mol. The number of hydrogen-bond donors (Lipinski definition) is 0. The predicted molar refractivity (Wildman–Crippen MR) is 125 cm³/mol. The van der Waals surface area contributed by atoms with Gasteiger partial charge in [0.05, 0.1) is 0 Å². The molecule has 2 heterocycles. The first-order valence-electron chi connectivity index (χ1n) is 11.1. The predicted octanol–water partition coefficient (Wildman–Crippen LogP) is 4.41. The number of rotatable bonds is 5. The van der Waals surface area contributed by atoms with Gasteiger partial charge in [0.15, 0.2) is 5.82 Å². The molecule has 4 rings (SSSR count). The Bertz CT molecular complexity index is 1040. The van der Waals surface area contributed by atoms with Crippen molar-refractivity contribution >= 4 is 11.7 Å². The Morgan fingerprint density at radius 2 is 1.58 bits per heavy atom. The van der Waals surface area contributed by atoms with E-state index in [1.807, 2.05) is 30.0 Å². The van der Waals surface area contributed by atoms with Gasteiger partial charge in [0.2, 0.25) is 5.91 Å². The standard InChI is InChI=1S/C26H30N4O/c1-4-24(31)29-14-16-30(17-15-29)26-23(18-21-12-10-19(2)11-13-21)20(3)27-25(28-26)22-8-6-5-7-9-22/h5-13H,4,14-18H2,1-3H3. The lowest BCUT2D eigenvalue weighted by Crippen LogP contribution is -2.49. The van der Waals surface area contributed by atoms with Crippen molar-refractivity contribution in [2.75, 3.05) is 31.1 Å². The van der Waals surface area contributed by atoms with Crippen LogP contribution in [0.4, 0.5) is 5.82 Å². The lowest BCUT2D eigenvalue weighted by Gasteiger charge is -2.36. The smallest absolute Gasteiger partial charge is 0.222 e. The molecule has 1 fully saturated rings. The fourth-order valence-corrected chi connectivity index (χ4v) is 4.07. The van der Waals surface area contributed by atoms with Gasteiger partial charge in [-0.1, -0.05) is 67.1 Å². The summed E-state index contributed by atoms with van der Waals surface area (Å²) in [6.45, 7) is 9.16. The van der Waals surface area contributed by atoms with Gasteiger partial charge in [-0.05, 0) is 19.4 Å². The highest BCUT2D eigenvalue weighted by atomic mass is 16.2. The summed E-state index contributed by atoms with van der Waals surface area (Å²) >= 11 is 0. The highest BCUT2D eigenvalue weighted by Crippen LogP contribution is 2.28. The SMILES string of the molecule is CCC(=O)N1CCN(c2nc(-c3ccccc3)nc(C)c2Cc2ccc(C)cc2)CC1. The van der Waals surface area contributed by atoms with E-state index in [2.05, 4.69) is 55.1 Å². The third-order valence-electron chi connectivity index (χ3n) is 5.96. The fourth-order valence-electron chi connectivity index (χ4n) is 4.07. The Morgan fingerprint density at radius 1 is 0.903 bits per heavy atom. The first kappa shape index (κ1) is 21.0. The number of carbonyl (C=O) groups excluding carboxylic acids is 1. The zero-order valence-electron chi connectivity index (χ0n) is 18.6. The van der Waals surface area contributed by atoms with Gasteiger partial charge in [-0.25, -0.2) is 9.97 Å². The van der Waals surface area contributed by atoms with Crippen LogP contribution in [0.1, 0.15) is 35.7 Å². The van der Waals surface area contributed by atoms with Crippen LogP contribution in [0.25, 0.3) is 11.4 Å². The molecule has 2 aromatic carbocycles. The van der Waals surface area contributed by atoms with Gasteiger partial charge in [0.1, 0.15) is 5.82 Å². The molecule has 0 N–H and O–H groups in total. The second-order valence-corrected chi connectivity index (χ2v) is 8.18. The first-order chi connectivity index (χ1) is 15.0. The summed E-state index contributed by atoms with van der Waals surface area (Å²) in [5.41, 5.74) is 5.71. The quantitative estimate of drug-likeness (QED) is 0.621. The number of carbonyl (C=O) groups is 1. The molecule has 0 unspecified atom stereocenters. The van der Waals surface area contributed by atoms with Crippen LogP contribution in [0.15, 0.2) is 54.6 Å². The van der Waals surface area contributed by atoms with Gasteiger partial charge in [0, 0.05) is 55.8 Å². The first-order valence-corrected chi connectivity index (χ1v) is 11.1. The van der Waals surface area contributed by atoms with Crippen LogP contribution in [0.5, 0.6) is 0 Å². The Kier molecular flexibility index (Phi) is 6.31. The Hall–Kier alpha value is -3.21. The van der Waals surface area contributed by atoms with Crippen molar-refractivity contribution in [2.45, 2.75) is 33.6 Å². The molecule has 1 aromatic heterocycles.